The fourth-order valence-corrected chi connectivity index (χ4v) is 1.73. The Bertz CT molecular complexity index is 407. The first-order valence-corrected chi connectivity index (χ1v) is 5.99. The molecule has 0 amide bonds. The van der Waals surface area contributed by atoms with E-state index in [1.807, 2.05) is 6.07 Å². The van der Waals surface area contributed by atoms with Gasteiger partial charge in [0.2, 0.25) is 0 Å². The summed E-state index contributed by atoms with van der Waals surface area (Å²) in [6, 6.07) is 6.97. The summed E-state index contributed by atoms with van der Waals surface area (Å²) in [5, 5.41) is 19.5. The van der Waals surface area contributed by atoms with Crippen molar-refractivity contribution in [2.45, 2.75) is 38.9 Å². The maximum atomic E-state index is 11.4. The van der Waals surface area contributed by atoms with Crippen LogP contribution in [0.3, 0.4) is 0 Å². The summed E-state index contributed by atoms with van der Waals surface area (Å²) in [4.78, 5) is 11.4. The number of rotatable bonds is 5. The van der Waals surface area contributed by atoms with Gasteiger partial charge < -0.3 is 14.9 Å². The van der Waals surface area contributed by atoms with E-state index in [1.165, 1.54) is 0 Å². The van der Waals surface area contributed by atoms with Crippen molar-refractivity contribution in [2.75, 3.05) is 6.61 Å². The molecule has 0 aliphatic heterocycles. The van der Waals surface area contributed by atoms with E-state index in [1.54, 1.807) is 39.0 Å². The van der Waals surface area contributed by atoms with Gasteiger partial charge in [0.25, 0.3) is 0 Å². The number of aliphatic hydroxyl groups is 2. The monoisotopic (exact) mass is 252 g/mol. The zero-order chi connectivity index (χ0) is 13.8. The van der Waals surface area contributed by atoms with E-state index in [9.17, 15) is 15.0 Å². The van der Waals surface area contributed by atoms with Gasteiger partial charge in [0.15, 0.2) is 6.10 Å². The molecule has 1 aromatic rings. The summed E-state index contributed by atoms with van der Waals surface area (Å²) in [7, 11) is 0. The third-order valence-electron chi connectivity index (χ3n) is 2.41. The van der Waals surface area contributed by atoms with Crippen LogP contribution >= 0.6 is 0 Å². The maximum Gasteiger partial charge on any atom is 0.339 e. The van der Waals surface area contributed by atoms with Gasteiger partial charge in [0, 0.05) is 6.42 Å². The molecule has 1 rings (SSSR count). The van der Waals surface area contributed by atoms with Crippen LogP contribution in [-0.2, 0) is 16.0 Å². The minimum absolute atomic E-state index is 0.235. The number of hydrogen-bond acceptors (Lipinski definition) is 4. The normalized spacial score (nSPS) is 13.2. The highest BCUT2D eigenvalue weighted by Crippen LogP contribution is 2.19. The Labute approximate surface area is 107 Å². The topological polar surface area (TPSA) is 66.8 Å². The Kier molecular flexibility index (Phi) is 4.87. The van der Waals surface area contributed by atoms with Crippen molar-refractivity contribution < 1.29 is 19.7 Å². The third-order valence-corrected chi connectivity index (χ3v) is 2.41. The van der Waals surface area contributed by atoms with Crippen LogP contribution < -0.4 is 0 Å². The van der Waals surface area contributed by atoms with Gasteiger partial charge in [0.1, 0.15) is 0 Å². The van der Waals surface area contributed by atoms with Crippen LogP contribution in [0.2, 0.25) is 0 Å². The van der Waals surface area contributed by atoms with Gasteiger partial charge in [-0.2, -0.15) is 0 Å². The second kappa shape index (κ2) is 5.98. The fourth-order valence-electron chi connectivity index (χ4n) is 1.73. The van der Waals surface area contributed by atoms with Crippen LogP contribution in [0.25, 0.3) is 0 Å². The highest BCUT2D eigenvalue weighted by atomic mass is 16.5. The van der Waals surface area contributed by atoms with Gasteiger partial charge in [-0.3, -0.25) is 0 Å². The van der Waals surface area contributed by atoms with Crippen LogP contribution in [-0.4, -0.2) is 28.4 Å². The van der Waals surface area contributed by atoms with Crippen molar-refractivity contribution in [2.24, 2.45) is 0 Å². The number of carbonyl (C=O) groups is 1. The zero-order valence-electron chi connectivity index (χ0n) is 11.0. The highest BCUT2D eigenvalue weighted by Gasteiger charge is 2.20. The molecule has 4 heteroatoms. The molecule has 0 fully saturated rings. The molecule has 100 valence electrons. The van der Waals surface area contributed by atoms with Gasteiger partial charge >= 0.3 is 5.97 Å². The van der Waals surface area contributed by atoms with Crippen molar-refractivity contribution in [3.8, 4) is 0 Å². The van der Waals surface area contributed by atoms with E-state index in [-0.39, 0.29) is 6.61 Å². The first-order valence-electron chi connectivity index (χ1n) is 5.99. The molecule has 0 saturated heterocycles. The Hall–Kier alpha value is -1.39. The number of aliphatic hydroxyl groups excluding tert-OH is 1. The van der Waals surface area contributed by atoms with Crippen LogP contribution in [0.5, 0.6) is 0 Å². The second-order valence-corrected chi connectivity index (χ2v) is 4.89. The molecule has 0 spiro atoms. The summed E-state index contributed by atoms with van der Waals surface area (Å²) < 4.78 is 4.76. The first-order chi connectivity index (χ1) is 8.33. The predicted octanol–water partition coefficient (Wildman–Crippen LogP) is 1.60. The Morgan fingerprint density at radius 1 is 1.44 bits per heavy atom. The molecule has 4 nitrogen and oxygen atoms in total. The highest BCUT2D eigenvalue weighted by molar-refractivity contribution is 5.76. The van der Waals surface area contributed by atoms with Crippen LogP contribution in [0, 0.1) is 0 Å². The first kappa shape index (κ1) is 14.7. The van der Waals surface area contributed by atoms with E-state index in [4.69, 9.17) is 4.74 Å². The van der Waals surface area contributed by atoms with E-state index in [2.05, 4.69) is 0 Å². The predicted molar refractivity (Wildman–Crippen MR) is 68.0 cm³/mol. The average molecular weight is 252 g/mol. The van der Waals surface area contributed by atoms with Gasteiger partial charge in [-0.05, 0) is 31.9 Å². The second-order valence-electron chi connectivity index (χ2n) is 4.89. The molecule has 0 radical (unpaired) electrons. The summed E-state index contributed by atoms with van der Waals surface area (Å²) in [6.45, 7) is 5.34. The Balaban J connectivity index is 2.84. The third kappa shape index (κ3) is 4.47. The SMILES string of the molecule is CCOC(=O)C(O)c1cccc(CC(C)(C)O)c1. The minimum atomic E-state index is -1.27. The number of esters is 1. The van der Waals surface area contributed by atoms with Gasteiger partial charge in [-0.15, -0.1) is 0 Å². The molecule has 1 aromatic carbocycles. The van der Waals surface area contributed by atoms with E-state index < -0.39 is 17.7 Å². The standard InChI is InChI=1S/C14H20O4/c1-4-18-13(16)12(15)11-7-5-6-10(8-11)9-14(2,3)17/h5-8,12,15,17H,4,9H2,1-3H3. The van der Waals surface area contributed by atoms with E-state index >= 15 is 0 Å². The molecule has 2 N–H and O–H groups in total. The molecule has 0 saturated carbocycles. The summed E-state index contributed by atoms with van der Waals surface area (Å²) in [6.07, 6.45) is -0.817. The van der Waals surface area contributed by atoms with Crippen LogP contribution in [0.4, 0.5) is 0 Å². The fraction of sp³-hybridized carbons (Fsp3) is 0.500. The molecule has 0 aromatic heterocycles. The molecule has 1 atom stereocenters. The molecule has 0 bridgehead atoms. The lowest BCUT2D eigenvalue weighted by Crippen LogP contribution is -2.22. The van der Waals surface area contributed by atoms with Gasteiger partial charge in [-0.1, -0.05) is 24.3 Å². The molecular formula is C14H20O4. The van der Waals surface area contributed by atoms with Crippen molar-refractivity contribution in [1.82, 2.24) is 0 Å². The summed E-state index contributed by atoms with van der Waals surface area (Å²) in [5.74, 6) is -0.655. The number of ether oxygens (including phenoxy) is 1. The quantitative estimate of drug-likeness (QED) is 0.781. The lowest BCUT2D eigenvalue weighted by Gasteiger charge is -2.18. The Morgan fingerprint density at radius 2 is 2.11 bits per heavy atom. The number of benzene rings is 1. The zero-order valence-corrected chi connectivity index (χ0v) is 11.0. The van der Waals surface area contributed by atoms with E-state index in [0.717, 1.165) is 5.56 Å². The van der Waals surface area contributed by atoms with Crippen molar-refractivity contribution in [3.05, 3.63) is 35.4 Å². The lowest BCUT2D eigenvalue weighted by atomic mass is 9.96. The summed E-state index contributed by atoms with van der Waals surface area (Å²) >= 11 is 0. The van der Waals surface area contributed by atoms with Crippen molar-refractivity contribution in [3.63, 3.8) is 0 Å². The minimum Gasteiger partial charge on any atom is -0.464 e. The molecule has 0 heterocycles. The smallest absolute Gasteiger partial charge is 0.339 e. The van der Waals surface area contributed by atoms with Gasteiger partial charge in [-0.25, -0.2) is 4.79 Å². The van der Waals surface area contributed by atoms with Crippen molar-refractivity contribution >= 4 is 5.97 Å². The molecule has 1 unspecified atom stereocenters. The maximum absolute atomic E-state index is 11.4. The van der Waals surface area contributed by atoms with Gasteiger partial charge in [0.05, 0.1) is 12.2 Å². The van der Waals surface area contributed by atoms with Crippen LogP contribution in [0.1, 0.15) is 38.0 Å². The molecular weight excluding hydrogens is 232 g/mol. The lowest BCUT2D eigenvalue weighted by molar-refractivity contribution is -0.153. The number of hydrogen-bond donors (Lipinski definition) is 2. The van der Waals surface area contributed by atoms with E-state index in [0.29, 0.717) is 12.0 Å². The largest absolute Gasteiger partial charge is 0.464 e. The number of carbonyl (C=O) groups excluding carboxylic acids is 1. The van der Waals surface area contributed by atoms with Crippen LogP contribution in [0.15, 0.2) is 24.3 Å². The Morgan fingerprint density at radius 3 is 2.67 bits per heavy atom. The average Bonchev–Trinajstić information content (AvgIpc) is 2.26. The molecule has 0 aliphatic carbocycles. The molecule has 0 aliphatic rings. The molecule has 18 heavy (non-hydrogen) atoms. The van der Waals surface area contributed by atoms with Crippen molar-refractivity contribution in [1.29, 1.82) is 0 Å². The summed E-state index contributed by atoms with van der Waals surface area (Å²) in [5.41, 5.74) is 0.520.